The van der Waals surface area contributed by atoms with Crippen molar-refractivity contribution in [3.63, 3.8) is 0 Å². The summed E-state index contributed by atoms with van der Waals surface area (Å²) in [6.45, 7) is -0.494. The van der Waals surface area contributed by atoms with Crippen LogP contribution in [0.3, 0.4) is 0 Å². The molecule has 2 atom stereocenters. The Labute approximate surface area is 86.9 Å². The number of carbonyl (C=O) groups excluding carboxylic acids is 1. The van der Waals surface area contributed by atoms with Gasteiger partial charge in [-0.15, -0.1) is 0 Å². The van der Waals surface area contributed by atoms with E-state index in [2.05, 4.69) is 5.32 Å². The van der Waals surface area contributed by atoms with Crippen LogP contribution in [0.1, 0.15) is 17.9 Å². The van der Waals surface area contributed by atoms with Crippen LogP contribution in [0.2, 0.25) is 0 Å². The molecule has 15 heavy (non-hydrogen) atoms. The third-order valence-corrected chi connectivity index (χ3v) is 2.56. The molecule has 0 bridgehead atoms. The van der Waals surface area contributed by atoms with Crippen molar-refractivity contribution in [2.24, 2.45) is 0 Å². The number of halogens is 1. The Hall–Kier alpha value is -1.42. The summed E-state index contributed by atoms with van der Waals surface area (Å²) >= 11 is 0. The lowest BCUT2D eigenvalue weighted by molar-refractivity contribution is -0.123. The van der Waals surface area contributed by atoms with Crippen LogP contribution in [0.25, 0.3) is 0 Å². The van der Waals surface area contributed by atoms with Crippen LogP contribution in [0.4, 0.5) is 4.39 Å². The van der Waals surface area contributed by atoms with Gasteiger partial charge in [-0.3, -0.25) is 4.79 Å². The predicted molar refractivity (Wildman–Crippen MR) is 52.8 cm³/mol. The number of hydrogen-bond acceptors (Lipinski definition) is 2. The van der Waals surface area contributed by atoms with Crippen molar-refractivity contribution >= 4 is 5.91 Å². The average molecular weight is 209 g/mol. The minimum atomic E-state index is -0.494. The van der Waals surface area contributed by atoms with Crippen molar-refractivity contribution in [2.75, 3.05) is 6.61 Å². The first kappa shape index (κ1) is 10.1. The molecule has 0 saturated heterocycles. The first-order valence-corrected chi connectivity index (χ1v) is 4.86. The second kappa shape index (κ2) is 3.98. The Bertz CT molecular complexity index is 381. The fraction of sp³-hybridized carbons (Fsp3) is 0.364. The molecule has 1 saturated carbocycles. The van der Waals surface area contributed by atoms with Gasteiger partial charge >= 0.3 is 0 Å². The van der Waals surface area contributed by atoms with Gasteiger partial charge < -0.3 is 10.4 Å². The Morgan fingerprint density at radius 1 is 1.60 bits per heavy atom. The molecule has 3 nitrogen and oxygen atoms in total. The fourth-order valence-corrected chi connectivity index (χ4v) is 1.71. The number of rotatable bonds is 3. The summed E-state index contributed by atoms with van der Waals surface area (Å²) in [7, 11) is 0. The van der Waals surface area contributed by atoms with Crippen molar-refractivity contribution < 1.29 is 14.3 Å². The lowest BCUT2D eigenvalue weighted by Crippen LogP contribution is -2.29. The largest absolute Gasteiger partial charge is 0.387 e. The SMILES string of the molecule is O=C(CO)N[C@@H]1C[C@H]1c1cccc(F)c1. The lowest BCUT2D eigenvalue weighted by atomic mass is 10.1. The van der Waals surface area contributed by atoms with E-state index in [1.54, 1.807) is 6.07 Å². The molecule has 80 valence electrons. The maximum Gasteiger partial charge on any atom is 0.245 e. The van der Waals surface area contributed by atoms with Crippen molar-refractivity contribution in [1.29, 1.82) is 0 Å². The number of benzene rings is 1. The molecule has 1 aromatic carbocycles. The van der Waals surface area contributed by atoms with Gasteiger partial charge in [-0.05, 0) is 24.1 Å². The van der Waals surface area contributed by atoms with E-state index in [1.165, 1.54) is 12.1 Å². The Morgan fingerprint density at radius 3 is 3.07 bits per heavy atom. The monoisotopic (exact) mass is 209 g/mol. The summed E-state index contributed by atoms with van der Waals surface area (Å²) in [6, 6.07) is 6.43. The number of carbonyl (C=O) groups is 1. The molecule has 1 amide bonds. The number of aliphatic hydroxyl groups excluding tert-OH is 1. The molecule has 1 aromatic rings. The van der Waals surface area contributed by atoms with Gasteiger partial charge in [0.2, 0.25) is 5.91 Å². The normalized spacial score (nSPS) is 23.6. The molecule has 1 aliphatic rings. The number of aliphatic hydroxyl groups is 1. The molecular weight excluding hydrogens is 197 g/mol. The van der Waals surface area contributed by atoms with Crippen LogP contribution in [0.15, 0.2) is 24.3 Å². The minimum absolute atomic E-state index is 0.0476. The molecule has 4 heteroatoms. The van der Waals surface area contributed by atoms with Crippen LogP contribution in [-0.4, -0.2) is 23.7 Å². The third kappa shape index (κ3) is 2.33. The maximum atomic E-state index is 12.9. The van der Waals surface area contributed by atoms with E-state index in [0.29, 0.717) is 0 Å². The first-order chi connectivity index (χ1) is 7.20. The van der Waals surface area contributed by atoms with E-state index in [4.69, 9.17) is 5.11 Å². The van der Waals surface area contributed by atoms with Crippen molar-refractivity contribution in [3.05, 3.63) is 35.6 Å². The number of nitrogens with one attached hydrogen (secondary N) is 1. The summed E-state index contributed by atoms with van der Waals surface area (Å²) < 4.78 is 12.9. The van der Waals surface area contributed by atoms with Gasteiger partial charge in [0.1, 0.15) is 12.4 Å². The van der Waals surface area contributed by atoms with Crippen molar-refractivity contribution in [2.45, 2.75) is 18.4 Å². The van der Waals surface area contributed by atoms with Gasteiger partial charge in [0, 0.05) is 12.0 Å². The molecule has 1 fully saturated rings. The molecule has 0 spiro atoms. The first-order valence-electron chi connectivity index (χ1n) is 4.86. The van der Waals surface area contributed by atoms with E-state index in [1.807, 2.05) is 6.07 Å². The zero-order chi connectivity index (χ0) is 10.8. The van der Waals surface area contributed by atoms with Crippen LogP contribution in [-0.2, 0) is 4.79 Å². The lowest BCUT2D eigenvalue weighted by Gasteiger charge is -2.02. The van der Waals surface area contributed by atoms with Crippen LogP contribution >= 0.6 is 0 Å². The van der Waals surface area contributed by atoms with Crippen molar-refractivity contribution in [1.82, 2.24) is 5.32 Å². The Kier molecular flexibility index (Phi) is 2.68. The van der Waals surface area contributed by atoms with Crippen molar-refractivity contribution in [3.8, 4) is 0 Å². The number of amides is 1. The second-order valence-corrected chi connectivity index (χ2v) is 3.73. The molecule has 0 radical (unpaired) electrons. The molecule has 1 aliphatic carbocycles. The Morgan fingerprint density at radius 2 is 2.40 bits per heavy atom. The van der Waals surface area contributed by atoms with Crippen LogP contribution in [0, 0.1) is 5.82 Å². The summed E-state index contributed by atoms with van der Waals surface area (Å²) in [4.78, 5) is 10.9. The zero-order valence-corrected chi connectivity index (χ0v) is 8.11. The van der Waals surface area contributed by atoms with Gasteiger partial charge in [-0.25, -0.2) is 4.39 Å². The van der Waals surface area contributed by atoms with Gasteiger partial charge in [0.05, 0.1) is 0 Å². The zero-order valence-electron chi connectivity index (χ0n) is 8.11. The smallest absolute Gasteiger partial charge is 0.245 e. The summed E-state index contributed by atoms with van der Waals surface area (Å²) in [5.74, 6) is -0.443. The summed E-state index contributed by atoms with van der Waals surface area (Å²) in [6.07, 6.45) is 0.815. The van der Waals surface area contributed by atoms with Gasteiger partial charge in [-0.1, -0.05) is 12.1 Å². The molecule has 2 N–H and O–H groups in total. The van der Waals surface area contributed by atoms with Gasteiger partial charge in [0.15, 0.2) is 0 Å². The molecular formula is C11H12FNO2. The van der Waals surface area contributed by atoms with E-state index < -0.39 is 6.61 Å². The highest BCUT2D eigenvalue weighted by Crippen LogP contribution is 2.40. The minimum Gasteiger partial charge on any atom is -0.387 e. The highest BCUT2D eigenvalue weighted by Gasteiger charge is 2.39. The molecule has 0 heterocycles. The van der Waals surface area contributed by atoms with E-state index in [9.17, 15) is 9.18 Å². The average Bonchev–Trinajstić information content (AvgIpc) is 2.97. The molecule has 0 unspecified atom stereocenters. The Balaban J connectivity index is 1.96. The highest BCUT2D eigenvalue weighted by molar-refractivity contribution is 5.77. The van der Waals surface area contributed by atoms with Crippen LogP contribution in [0.5, 0.6) is 0 Å². The van der Waals surface area contributed by atoms with E-state index in [0.717, 1.165) is 12.0 Å². The topological polar surface area (TPSA) is 49.3 Å². The summed E-state index contributed by atoms with van der Waals surface area (Å²) in [5.41, 5.74) is 0.901. The quantitative estimate of drug-likeness (QED) is 0.773. The van der Waals surface area contributed by atoms with E-state index >= 15 is 0 Å². The predicted octanol–water partition coefficient (Wildman–Crippen LogP) is 0.790. The molecule has 2 rings (SSSR count). The van der Waals surface area contributed by atoms with Gasteiger partial charge in [-0.2, -0.15) is 0 Å². The maximum absolute atomic E-state index is 12.9. The highest BCUT2D eigenvalue weighted by atomic mass is 19.1. The standard InChI is InChI=1S/C11H12FNO2/c12-8-3-1-2-7(4-8)9-5-10(9)13-11(15)6-14/h1-4,9-10,14H,5-6H2,(H,13,15)/t9-,10+/m0/s1. The second-order valence-electron chi connectivity index (χ2n) is 3.73. The van der Waals surface area contributed by atoms with E-state index in [-0.39, 0.29) is 23.7 Å². The van der Waals surface area contributed by atoms with Crippen LogP contribution < -0.4 is 5.32 Å². The fourth-order valence-electron chi connectivity index (χ4n) is 1.71. The molecule has 0 aromatic heterocycles. The third-order valence-electron chi connectivity index (χ3n) is 2.56. The molecule has 0 aliphatic heterocycles. The van der Waals surface area contributed by atoms with Gasteiger partial charge in [0.25, 0.3) is 0 Å². The number of hydrogen-bond donors (Lipinski definition) is 2. The summed E-state index contributed by atoms with van der Waals surface area (Å²) in [5, 5.41) is 11.2.